The maximum atomic E-state index is 7.90. The summed E-state index contributed by atoms with van der Waals surface area (Å²) >= 11 is -7.16. The maximum Gasteiger partial charge on any atom is 1.07 e. The molecule has 11 nitrogen and oxygen atoms in total. The van der Waals surface area contributed by atoms with Crippen LogP contribution in [0, 0.1) is 0 Å². The van der Waals surface area contributed by atoms with Gasteiger partial charge in [-0.05, 0) is 163 Å². The molecule has 8 rings (SSSR count). The molecule has 2 aliphatic heterocycles. The van der Waals surface area contributed by atoms with E-state index >= 15 is 0 Å². The van der Waals surface area contributed by atoms with E-state index in [1.807, 2.05) is 0 Å². The summed E-state index contributed by atoms with van der Waals surface area (Å²) in [5, 5.41) is 0. The third kappa shape index (κ3) is 16.3. The molecule has 0 amide bonds. The number of fused-ring (bicyclic) bond motifs is 6. The van der Waals surface area contributed by atoms with E-state index in [2.05, 4.69) is 210 Å². The van der Waals surface area contributed by atoms with Crippen molar-refractivity contribution in [2.75, 3.05) is 32.7 Å². The van der Waals surface area contributed by atoms with E-state index in [0.717, 1.165) is 182 Å². The van der Waals surface area contributed by atoms with Crippen LogP contribution in [0.2, 0.25) is 0 Å². The van der Waals surface area contributed by atoms with Gasteiger partial charge in [-0.3, -0.25) is 24.9 Å². The molecule has 2 aliphatic carbocycles. The third-order valence-corrected chi connectivity index (χ3v) is 22.2. The van der Waals surface area contributed by atoms with Crippen molar-refractivity contribution in [3.8, 4) is 23.0 Å². The molecule has 2 fully saturated rings. The van der Waals surface area contributed by atoms with E-state index in [1.54, 1.807) is 0 Å². The molecule has 4 aromatic carbocycles. The van der Waals surface area contributed by atoms with Crippen LogP contribution in [0.25, 0.3) is 0 Å². The molecule has 0 aromatic heterocycles. The summed E-state index contributed by atoms with van der Waals surface area (Å²) in [5.74, 6) is 2.91. The van der Waals surface area contributed by atoms with E-state index in [9.17, 15) is 0 Å². The highest BCUT2D eigenvalue weighted by Crippen LogP contribution is 2.43. The molecule has 4 aliphatic rings. The van der Waals surface area contributed by atoms with Crippen LogP contribution in [-0.2, 0) is 50.4 Å². The van der Waals surface area contributed by atoms with Crippen molar-refractivity contribution in [2.24, 2.45) is 20.0 Å². The molecule has 460 valence electrons. The van der Waals surface area contributed by atoms with Gasteiger partial charge in [0.1, 0.15) is 6.54 Å². The molecule has 0 N–H and O–H groups in total. The van der Waals surface area contributed by atoms with E-state index in [1.165, 1.54) is 22.3 Å². The molecule has 0 saturated heterocycles. The Hall–Kier alpha value is -4.30. The number of hydrogen-bond acceptors (Lipinski definition) is 10. The molecule has 85 heavy (non-hydrogen) atoms. The second kappa shape index (κ2) is 28.0. The van der Waals surface area contributed by atoms with Crippen molar-refractivity contribution in [2.45, 2.75) is 255 Å². The van der Waals surface area contributed by atoms with Crippen LogP contribution in [0.4, 0.5) is 0 Å². The Labute approximate surface area is 524 Å². The number of quaternary nitrogens is 1. The Morgan fingerprint density at radius 2 is 0.706 bits per heavy atom. The van der Waals surface area contributed by atoms with E-state index in [-0.39, 0.29) is 45.8 Å². The molecule has 13 heteroatoms. The number of aliphatic imine (C=N–C) groups is 4. The van der Waals surface area contributed by atoms with Crippen molar-refractivity contribution in [1.82, 2.24) is 4.90 Å². The van der Waals surface area contributed by atoms with Gasteiger partial charge in [-0.15, -0.1) is 0 Å². The van der Waals surface area contributed by atoms with Gasteiger partial charge in [0.2, 0.25) is 0 Å². The highest BCUT2D eigenvalue weighted by atomic mass is 27.3. The predicted octanol–water partition coefficient (Wildman–Crippen LogP) is 16.1. The van der Waals surface area contributed by atoms with Crippen LogP contribution < -0.4 is 15.2 Å². The zero-order valence-electron chi connectivity index (χ0n) is 56.1. The molecular weight excluding hydrogens is 1080 g/mol. The van der Waals surface area contributed by atoms with Gasteiger partial charge in [-0.1, -0.05) is 155 Å². The Morgan fingerprint density at radius 1 is 0.424 bits per heavy atom. The summed E-state index contributed by atoms with van der Waals surface area (Å²) in [5.41, 5.74) is 11.5. The van der Waals surface area contributed by atoms with Gasteiger partial charge >= 0.3 is 30.3 Å². The first-order chi connectivity index (χ1) is 40.2. The average Bonchev–Trinajstić information content (AvgIpc) is 3.83. The molecule has 0 spiro atoms. The Bertz CT molecular complexity index is 2960. The number of benzene rings is 4. The van der Waals surface area contributed by atoms with Crippen LogP contribution in [0.1, 0.15) is 250 Å². The highest BCUT2D eigenvalue weighted by Gasteiger charge is 2.55. The lowest BCUT2D eigenvalue weighted by atomic mass is 9.83. The highest BCUT2D eigenvalue weighted by molar-refractivity contribution is 6.54. The smallest absolute Gasteiger partial charge is 0.589 e. The van der Waals surface area contributed by atoms with Gasteiger partial charge < -0.3 is 22.5 Å². The summed E-state index contributed by atoms with van der Waals surface area (Å²) < 4.78 is 40.2. The summed E-state index contributed by atoms with van der Waals surface area (Å²) in [6, 6.07) is 18.6. The first-order valence-corrected chi connectivity index (χ1v) is 35.8. The Morgan fingerprint density at radius 3 is 0.988 bits per heavy atom. The first-order valence-electron chi connectivity index (χ1n) is 32.9. The SMILES string of the molecule is CCc1cc2c(c(C(C)(C)C)c1)[O][Al]([O][Al]1[O]c3c(cc(CN(CC)CC)cc3C(C)(C)C)C=N[C@@H]3CCCC[C@H]3N=Cc3cc(C[N+](CC)(CC)CC)cc(C(C)(C)C)c3[O]1)[O]c1c(cc(CC)cc1C(C)(C)C)C=N[C@@H]1CCCC[C@H]1N=C2. The van der Waals surface area contributed by atoms with Crippen LogP contribution in [0.5, 0.6) is 23.0 Å². The second-order valence-corrected chi connectivity index (χ2v) is 32.2. The molecule has 0 bridgehead atoms. The number of nitrogens with zero attached hydrogens (tertiary/aromatic N) is 6. The minimum atomic E-state index is -3.59. The van der Waals surface area contributed by atoms with Crippen LogP contribution in [-0.4, -0.2) is 121 Å². The average molecular weight is 1190 g/mol. The fourth-order valence-electron chi connectivity index (χ4n) is 12.9. The number of aryl methyl sites for hydroxylation is 2. The Balaban J connectivity index is 1.46. The fraction of sp³-hybridized carbons (Fsp3) is 0.611. The minimum absolute atomic E-state index is 0.00733. The number of hydrogen-bond donors (Lipinski definition) is 0. The Kier molecular flexibility index (Phi) is 22.0. The van der Waals surface area contributed by atoms with Crippen molar-refractivity contribution in [3.05, 3.63) is 115 Å². The lowest BCUT2D eigenvalue weighted by molar-refractivity contribution is -0.936. The van der Waals surface area contributed by atoms with Gasteiger partial charge in [-0.25, -0.2) is 0 Å². The van der Waals surface area contributed by atoms with Gasteiger partial charge in [0.05, 0.1) is 66.8 Å². The lowest BCUT2D eigenvalue weighted by Crippen LogP contribution is -2.47. The minimum Gasteiger partial charge on any atom is -0.589 e. The monoisotopic (exact) mass is 1190 g/mol. The van der Waals surface area contributed by atoms with Crippen molar-refractivity contribution in [3.63, 3.8) is 0 Å². The fourth-order valence-corrected chi connectivity index (χ4v) is 16.4. The third-order valence-electron chi connectivity index (χ3n) is 18.7. The molecule has 0 unspecified atom stereocenters. The van der Waals surface area contributed by atoms with Crippen LogP contribution >= 0.6 is 0 Å². The standard InChI is InChI=1S/C40H64N4O2.C32H46N2O2.2Al.O/c1-12-43(13-2)27-29-21-31(37(45)33(23-29)39(6,7)8)25-41-35-19-17-18-20-36(35)42-26-32-22-30(28-44(14-3,15-4)16-5)24-34(38(32)46)40(9,10)11;1-9-21-15-23(29(35)25(17-21)31(3,4)5)19-33-27-13-11-12-14-28(27)34-20-24-16-22(10-2)18-26(30(24)36)32(6,7)8;;;/h21-26,35-36H,12-20,27-28H2,1-11H3,(H-,41,42,45,46);15-20,27-28,35-36H,9-14H2,1-8H3;;;/q;;2*+2;/p-3/t35-,36-;27-,28-;;;/m11.../s1. The second-order valence-electron chi connectivity index (χ2n) is 29.0. The van der Waals surface area contributed by atoms with Crippen molar-refractivity contribution >= 4 is 55.2 Å². The van der Waals surface area contributed by atoms with Crippen LogP contribution in [0.15, 0.2) is 68.5 Å². The lowest BCUT2D eigenvalue weighted by Gasteiger charge is -2.37. The predicted molar refractivity (Wildman–Crippen MR) is 359 cm³/mol. The van der Waals surface area contributed by atoms with Crippen molar-refractivity contribution in [1.29, 1.82) is 0 Å². The molecule has 4 aromatic rings. The normalized spacial score (nSPS) is 19.8. The zero-order chi connectivity index (χ0) is 61.6. The van der Waals surface area contributed by atoms with Crippen molar-refractivity contribution < 1.29 is 22.5 Å². The number of rotatable bonds is 13. The van der Waals surface area contributed by atoms with Gasteiger partial charge in [-0.2, -0.15) is 0 Å². The van der Waals surface area contributed by atoms with Gasteiger partial charge in [0, 0.05) is 59.2 Å². The van der Waals surface area contributed by atoms with E-state index in [4.69, 9.17) is 38.0 Å². The molecule has 2 saturated carbocycles. The maximum absolute atomic E-state index is 7.90. The molecule has 0 radical (unpaired) electrons. The van der Waals surface area contributed by atoms with E-state index < -0.39 is 30.3 Å². The largest absolute Gasteiger partial charge is 1.07 e. The molecule has 4 atom stereocenters. The summed E-state index contributed by atoms with van der Waals surface area (Å²) in [4.78, 5) is 24.6. The molecular formula is C72H107Al2N6O5+. The topological polar surface area (TPSA) is 98.8 Å². The summed E-state index contributed by atoms with van der Waals surface area (Å²) in [6.45, 7) is 49.9. The summed E-state index contributed by atoms with van der Waals surface area (Å²) in [6.07, 6.45) is 18.4. The summed E-state index contributed by atoms with van der Waals surface area (Å²) in [7, 11) is 0. The van der Waals surface area contributed by atoms with E-state index in [0.29, 0.717) is 0 Å². The van der Waals surface area contributed by atoms with Gasteiger partial charge in [0.25, 0.3) is 0 Å². The quantitative estimate of drug-likeness (QED) is 0.0977. The van der Waals surface area contributed by atoms with Crippen LogP contribution in [0.3, 0.4) is 0 Å². The van der Waals surface area contributed by atoms with Gasteiger partial charge in [0.15, 0.2) is 0 Å². The molecule has 2 heterocycles. The zero-order valence-corrected chi connectivity index (χ0v) is 58.4. The first kappa shape index (κ1) is 66.7.